The van der Waals surface area contributed by atoms with Crippen molar-refractivity contribution in [1.29, 1.82) is 0 Å². The van der Waals surface area contributed by atoms with E-state index in [4.69, 9.17) is 14.2 Å². The van der Waals surface area contributed by atoms with E-state index in [0.29, 0.717) is 6.61 Å². The van der Waals surface area contributed by atoms with Gasteiger partial charge in [0.25, 0.3) is 0 Å². The fraction of sp³-hybridized carbons (Fsp3) is 0.478. The maximum atomic E-state index is 5.76. The Balaban J connectivity index is 1.81. The second kappa shape index (κ2) is 8.52. The summed E-state index contributed by atoms with van der Waals surface area (Å²) in [5.41, 5.74) is 4.09. The van der Waals surface area contributed by atoms with Crippen LogP contribution in [0, 0.1) is 20.8 Å². The van der Waals surface area contributed by atoms with Crippen LogP contribution in [0.1, 0.15) is 36.8 Å². The number of hydrogen-bond donors (Lipinski definition) is 1. The van der Waals surface area contributed by atoms with E-state index in [1.165, 1.54) is 0 Å². The van der Waals surface area contributed by atoms with Crippen molar-refractivity contribution in [3.63, 3.8) is 0 Å². The number of fused-ring (bicyclic) bond motifs is 1. The first-order valence-corrected chi connectivity index (χ1v) is 10.6. The molecule has 0 amide bonds. The molecule has 1 unspecified atom stereocenters. The number of nitrogens with one attached hydrogen (secondary N) is 1. The summed E-state index contributed by atoms with van der Waals surface area (Å²) >= 11 is 0. The van der Waals surface area contributed by atoms with E-state index in [-0.39, 0.29) is 6.10 Å². The van der Waals surface area contributed by atoms with Gasteiger partial charge < -0.3 is 24.1 Å². The zero-order chi connectivity index (χ0) is 21.3. The number of rotatable bonds is 7. The maximum Gasteiger partial charge on any atom is 0.158 e. The van der Waals surface area contributed by atoms with Gasteiger partial charge in [-0.05, 0) is 52.7 Å². The predicted molar refractivity (Wildman–Crippen MR) is 118 cm³/mol. The highest BCUT2D eigenvalue weighted by molar-refractivity contribution is 5.98. The normalized spacial score (nSPS) is 16.2. The molecule has 1 N–H and O–H groups in total. The van der Waals surface area contributed by atoms with Crippen molar-refractivity contribution in [2.24, 2.45) is 0 Å². The fourth-order valence-electron chi connectivity index (χ4n) is 4.39. The molecule has 4 rings (SSSR count). The Morgan fingerprint density at radius 1 is 1.17 bits per heavy atom. The molecule has 1 aliphatic rings. The molecule has 7 heteroatoms. The summed E-state index contributed by atoms with van der Waals surface area (Å²) in [6.07, 6.45) is 2.43. The molecule has 7 nitrogen and oxygen atoms in total. The number of methoxy groups -OCH3 is 1. The molecule has 1 saturated heterocycles. The average Bonchev–Trinajstić information content (AvgIpc) is 3.35. The minimum Gasteiger partial charge on any atom is -0.494 e. The van der Waals surface area contributed by atoms with Gasteiger partial charge in [-0.1, -0.05) is 0 Å². The molecule has 3 heterocycles. The Morgan fingerprint density at radius 2 is 1.97 bits per heavy atom. The van der Waals surface area contributed by atoms with E-state index in [1.807, 2.05) is 32.0 Å². The van der Waals surface area contributed by atoms with Crippen LogP contribution < -0.4 is 14.8 Å². The number of nitrogens with zero attached hydrogens (tertiary/aromatic N) is 3. The SMILES string of the molecule is CCOc1ccc(-n2c(C)c3c(C)nnc(NCC4CCCO4)c3c2C)c(OC)c1. The Kier molecular flexibility index (Phi) is 5.81. The predicted octanol–water partition coefficient (Wildman–Crippen LogP) is 4.34. The summed E-state index contributed by atoms with van der Waals surface area (Å²) in [5, 5.41) is 14.6. The number of ether oxygens (including phenoxy) is 3. The summed E-state index contributed by atoms with van der Waals surface area (Å²) in [6, 6.07) is 5.95. The monoisotopic (exact) mass is 410 g/mol. The molecule has 1 aliphatic heterocycles. The van der Waals surface area contributed by atoms with Crippen molar-refractivity contribution >= 4 is 16.6 Å². The van der Waals surface area contributed by atoms with Gasteiger partial charge in [-0.15, -0.1) is 5.10 Å². The van der Waals surface area contributed by atoms with Crippen molar-refractivity contribution in [3.8, 4) is 17.2 Å². The second-order valence-corrected chi connectivity index (χ2v) is 7.67. The topological polar surface area (TPSA) is 70.4 Å². The molecule has 2 aromatic heterocycles. The molecule has 1 atom stereocenters. The van der Waals surface area contributed by atoms with Gasteiger partial charge in [-0.2, -0.15) is 5.10 Å². The molecule has 0 bridgehead atoms. The van der Waals surface area contributed by atoms with Crippen LogP contribution in [0.15, 0.2) is 18.2 Å². The highest BCUT2D eigenvalue weighted by Crippen LogP contribution is 2.37. The third-order valence-electron chi connectivity index (χ3n) is 5.77. The molecule has 3 aromatic rings. The molecular weight excluding hydrogens is 380 g/mol. The molecular formula is C23H30N4O3. The summed E-state index contributed by atoms with van der Waals surface area (Å²) in [6.45, 7) is 10.4. The molecule has 0 saturated carbocycles. The van der Waals surface area contributed by atoms with Gasteiger partial charge in [-0.25, -0.2) is 0 Å². The van der Waals surface area contributed by atoms with Crippen molar-refractivity contribution in [2.75, 3.05) is 32.2 Å². The first kappa shape index (κ1) is 20.5. The Hall–Kier alpha value is -2.80. The van der Waals surface area contributed by atoms with Gasteiger partial charge in [0.1, 0.15) is 11.5 Å². The van der Waals surface area contributed by atoms with Gasteiger partial charge in [0.15, 0.2) is 5.82 Å². The van der Waals surface area contributed by atoms with Gasteiger partial charge in [0.05, 0.1) is 31.2 Å². The van der Waals surface area contributed by atoms with E-state index in [0.717, 1.165) is 76.9 Å². The number of aromatic nitrogens is 3. The molecule has 1 aromatic carbocycles. The van der Waals surface area contributed by atoms with Gasteiger partial charge in [0, 0.05) is 41.4 Å². The number of benzene rings is 1. The standard InChI is InChI=1S/C23H30N4O3/c1-6-29-17-9-10-19(20(12-17)28-5)27-15(3)21-14(2)25-26-23(22(21)16(27)4)24-13-18-8-7-11-30-18/h9-10,12,18H,6-8,11,13H2,1-5H3,(H,24,26). The lowest BCUT2D eigenvalue weighted by molar-refractivity contribution is 0.120. The lowest BCUT2D eigenvalue weighted by Gasteiger charge is -2.15. The average molecular weight is 411 g/mol. The summed E-state index contributed by atoms with van der Waals surface area (Å²) in [7, 11) is 1.69. The lowest BCUT2D eigenvalue weighted by atomic mass is 10.1. The number of anilines is 1. The Bertz CT molecular complexity index is 1050. The second-order valence-electron chi connectivity index (χ2n) is 7.67. The quantitative estimate of drug-likeness (QED) is 0.625. The van der Waals surface area contributed by atoms with Crippen LogP contribution in [0.2, 0.25) is 0 Å². The van der Waals surface area contributed by atoms with E-state index in [1.54, 1.807) is 7.11 Å². The van der Waals surface area contributed by atoms with E-state index < -0.39 is 0 Å². The van der Waals surface area contributed by atoms with Crippen LogP contribution in [0.5, 0.6) is 11.5 Å². The van der Waals surface area contributed by atoms with Crippen molar-refractivity contribution < 1.29 is 14.2 Å². The van der Waals surface area contributed by atoms with E-state index >= 15 is 0 Å². The lowest BCUT2D eigenvalue weighted by Crippen LogP contribution is -2.19. The Labute approximate surface area is 177 Å². The van der Waals surface area contributed by atoms with E-state index in [2.05, 4.69) is 33.9 Å². The highest BCUT2D eigenvalue weighted by atomic mass is 16.5. The van der Waals surface area contributed by atoms with E-state index in [9.17, 15) is 0 Å². The minimum absolute atomic E-state index is 0.234. The zero-order valence-corrected chi connectivity index (χ0v) is 18.4. The van der Waals surface area contributed by atoms with Crippen molar-refractivity contribution in [3.05, 3.63) is 35.3 Å². The summed E-state index contributed by atoms with van der Waals surface area (Å²) < 4.78 is 19.3. The van der Waals surface area contributed by atoms with Gasteiger partial charge in [0.2, 0.25) is 0 Å². The van der Waals surface area contributed by atoms with Crippen LogP contribution in [-0.4, -0.2) is 47.7 Å². The third-order valence-corrected chi connectivity index (χ3v) is 5.77. The van der Waals surface area contributed by atoms with Crippen molar-refractivity contribution in [1.82, 2.24) is 14.8 Å². The van der Waals surface area contributed by atoms with Crippen LogP contribution in [-0.2, 0) is 4.74 Å². The smallest absolute Gasteiger partial charge is 0.158 e. The summed E-state index contributed by atoms with van der Waals surface area (Å²) in [5.74, 6) is 2.36. The van der Waals surface area contributed by atoms with Crippen LogP contribution in [0.4, 0.5) is 5.82 Å². The van der Waals surface area contributed by atoms with Crippen molar-refractivity contribution in [2.45, 2.75) is 46.6 Å². The number of hydrogen-bond acceptors (Lipinski definition) is 6. The molecule has 0 radical (unpaired) electrons. The molecule has 30 heavy (non-hydrogen) atoms. The van der Waals surface area contributed by atoms with Gasteiger partial charge in [-0.3, -0.25) is 0 Å². The van der Waals surface area contributed by atoms with Crippen LogP contribution in [0.25, 0.3) is 16.5 Å². The zero-order valence-electron chi connectivity index (χ0n) is 18.4. The third kappa shape index (κ3) is 3.58. The minimum atomic E-state index is 0.234. The summed E-state index contributed by atoms with van der Waals surface area (Å²) in [4.78, 5) is 0. The fourth-order valence-corrected chi connectivity index (χ4v) is 4.39. The first-order chi connectivity index (χ1) is 14.5. The Morgan fingerprint density at radius 3 is 2.67 bits per heavy atom. The highest BCUT2D eigenvalue weighted by Gasteiger charge is 2.22. The van der Waals surface area contributed by atoms with Crippen LogP contribution >= 0.6 is 0 Å². The van der Waals surface area contributed by atoms with Gasteiger partial charge >= 0.3 is 0 Å². The molecule has 160 valence electrons. The number of aryl methyl sites for hydroxylation is 3. The largest absolute Gasteiger partial charge is 0.494 e. The maximum absolute atomic E-state index is 5.76. The molecule has 0 aliphatic carbocycles. The first-order valence-electron chi connectivity index (χ1n) is 10.6. The molecule has 0 spiro atoms. The molecule has 1 fully saturated rings. The van der Waals surface area contributed by atoms with Crippen LogP contribution in [0.3, 0.4) is 0 Å².